The van der Waals surface area contributed by atoms with Gasteiger partial charge in [-0.2, -0.15) is 4.37 Å². The molecule has 0 unspecified atom stereocenters. The van der Waals surface area contributed by atoms with E-state index in [1.807, 2.05) is 0 Å². The number of hydrogen-bond donors (Lipinski definition) is 0. The molecule has 0 spiro atoms. The first kappa shape index (κ1) is 10.5. The maximum Gasteiger partial charge on any atom is 0.308 e. The molecule has 82 valence electrons. The van der Waals surface area contributed by atoms with Crippen molar-refractivity contribution in [2.45, 2.75) is 31.6 Å². The van der Waals surface area contributed by atoms with E-state index in [2.05, 4.69) is 9.36 Å². The zero-order valence-electron chi connectivity index (χ0n) is 8.68. The summed E-state index contributed by atoms with van der Waals surface area (Å²) < 4.78 is 8.99. The molecule has 1 aliphatic carbocycles. The van der Waals surface area contributed by atoms with Gasteiger partial charge in [-0.05, 0) is 37.2 Å². The van der Waals surface area contributed by atoms with Gasteiger partial charge in [-0.25, -0.2) is 4.98 Å². The second-order valence-corrected chi connectivity index (χ2v) is 4.47. The van der Waals surface area contributed by atoms with Crippen molar-refractivity contribution >= 4 is 17.5 Å². The Morgan fingerprint density at radius 3 is 2.73 bits per heavy atom. The summed E-state index contributed by atoms with van der Waals surface area (Å²) >= 11 is 1.39. The molecule has 1 heterocycles. The molecule has 1 saturated carbocycles. The quantitative estimate of drug-likeness (QED) is 0.724. The fraction of sp³-hybridized carbons (Fsp3) is 0.700. The molecule has 0 atom stereocenters. The van der Waals surface area contributed by atoms with Crippen LogP contribution < -0.4 is 0 Å². The fourth-order valence-electron chi connectivity index (χ4n) is 2.11. The molecule has 1 aromatic rings. The molecule has 4 nitrogen and oxygen atoms in total. The molecule has 0 bridgehead atoms. The summed E-state index contributed by atoms with van der Waals surface area (Å²) in [5.41, 5.74) is 1.77. The van der Waals surface area contributed by atoms with Crippen LogP contribution in [0.25, 0.3) is 0 Å². The van der Waals surface area contributed by atoms with E-state index in [1.54, 1.807) is 5.51 Å². The monoisotopic (exact) mass is 226 g/mol. The summed E-state index contributed by atoms with van der Waals surface area (Å²) in [6.07, 6.45) is 3.79. The highest BCUT2D eigenvalue weighted by Crippen LogP contribution is 2.34. The van der Waals surface area contributed by atoms with Crippen molar-refractivity contribution in [1.82, 2.24) is 9.36 Å². The molecule has 1 aromatic heterocycles. The van der Waals surface area contributed by atoms with E-state index in [-0.39, 0.29) is 11.9 Å². The highest BCUT2D eigenvalue weighted by Gasteiger charge is 2.28. The van der Waals surface area contributed by atoms with Crippen molar-refractivity contribution in [2.75, 3.05) is 7.11 Å². The first-order chi connectivity index (χ1) is 7.31. The van der Waals surface area contributed by atoms with E-state index in [9.17, 15) is 4.79 Å². The number of carbonyl (C=O) groups excluding carboxylic acids is 1. The second-order valence-electron chi connectivity index (χ2n) is 3.86. The first-order valence-electron chi connectivity index (χ1n) is 5.15. The summed E-state index contributed by atoms with van der Waals surface area (Å²) in [4.78, 5) is 15.5. The minimum Gasteiger partial charge on any atom is -0.469 e. The van der Waals surface area contributed by atoms with Crippen LogP contribution in [0.4, 0.5) is 0 Å². The van der Waals surface area contributed by atoms with E-state index in [4.69, 9.17) is 4.74 Å². The van der Waals surface area contributed by atoms with E-state index in [0.29, 0.717) is 5.92 Å². The average molecular weight is 226 g/mol. The van der Waals surface area contributed by atoms with E-state index in [0.717, 1.165) is 31.5 Å². The lowest BCUT2D eigenvalue weighted by atomic mass is 9.82. The summed E-state index contributed by atoms with van der Waals surface area (Å²) in [5, 5.41) is 0. The number of hydrogen-bond acceptors (Lipinski definition) is 5. The minimum atomic E-state index is -0.0697. The van der Waals surface area contributed by atoms with Gasteiger partial charge >= 0.3 is 5.97 Å². The smallest absolute Gasteiger partial charge is 0.308 e. The molecule has 1 aliphatic rings. The number of carbonyl (C=O) groups is 1. The molecule has 0 saturated heterocycles. The third-order valence-electron chi connectivity index (χ3n) is 3.01. The average Bonchev–Trinajstić information content (AvgIpc) is 2.82. The SMILES string of the molecule is COC(=O)C1CCC(c2ncsn2)CC1. The van der Waals surface area contributed by atoms with Crippen LogP contribution in [0.3, 0.4) is 0 Å². The number of methoxy groups -OCH3 is 1. The maximum absolute atomic E-state index is 11.3. The van der Waals surface area contributed by atoms with E-state index in [1.165, 1.54) is 18.6 Å². The van der Waals surface area contributed by atoms with Crippen LogP contribution in [-0.2, 0) is 9.53 Å². The van der Waals surface area contributed by atoms with Gasteiger partial charge in [0.05, 0.1) is 13.0 Å². The van der Waals surface area contributed by atoms with Crippen molar-refractivity contribution in [1.29, 1.82) is 0 Å². The number of esters is 1. The molecule has 15 heavy (non-hydrogen) atoms. The summed E-state index contributed by atoms with van der Waals surface area (Å²) in [6.45, 7) is 0. The molecule has 1 fully saturated rings. The molecule has 0 aliphatic heterocycles. The first-order valence-corrected chi connectivity index (χ1v) is 5.99. The Morgan fingerprint density at radius 2 is 2.20 bits per heavy atom. The summed E-state index contributed by atoms with van der Waals surface area (Å²) in [7, 11) is 1.45. The molecule has 5 heteroatoms. The Bertz CT molecular complexity index is 318. The zero-order valence-corrected chi connectivity index (χ0v) is 9.50. The van der Waals surface area contributed by atoms with Crippen molar-refractivity contribution in [3.05, 3.63) is 11.3 Å². The van der Waals surface area contributed by atoms with Gasteiger partial charge < -0.3 is 4.74 Å². The lowest BCUT2D eigenvalue weighted by Gasteiger charge is -2.24. The summed E-state index contributed by atoms with van der Waals surface area (Å²) in [5.74, 6) is 1.41. The highest BCUT2D eigenvalue weighted by atomic mass is 32.1. The lowest BCUT2D eigenvalue weighted by Crippen LogP contribution is -2.22. The highest BCUT2D eigenvalue weighted by molar-refractivity contribution is 7.03. The molecule has 2 rings (SSSR count). The molecule has 0 amide bonds. The van der Waals surface area contributed by atoms with Crippen molar-refractivity contribution in [2.24, 2.45) is 5.92 Å². The van der Waals surface area contributed by atoms with Crippen molar-refractivity contribution in [3.8, 4) is 0 Å². The second kappa shape index (κ2) is 4.70. The van der Waals surface area contributed by atoms with Crippen LogP contribution in [0.2, 0.25) is 0 Å². The minimum absolute atomic E-state index is 0.0697. The largest absolute Gasteiger partial charge is 0.469 e. The number of rotatable bonds is 2. The molecule has 0 radical (unpaired) electrons. The standard InChI is InChI=1S/C10H14N2O2S/c1-14-10(13)8-4-2-7(3-5-8)9-11-6-15-12-9/h6-8H,2-5H2,1H3. The Hall–Kier alpha value is -0.970. The van der Waals surface area contributed by atoms with E-state index < -0.39 is 0 Å². The van der Waals surface area contributed by atoms with Crippen LogP contribution in [0.15, 0.2) is 5.51 Å². The topological polar surface area (TPSA) is 52.1 Å². The zero-order chi connectivity index (χ0) is 10.7. The third-order valence-corrected chi connectivity index (χ3v) is 3.50. The van der Waals surface area contributed by atoms with Crippen LogP contribution in [0.5, 0.6) is 0 Å². The van der Waals surface area contributed by atoms with Crippen LogP contribution in [0, 0.1) is 5.92 Å². The van der Waals surface area contributed by atoms with Gasteiger partial charge in [0, 0.05) is 5.92 Å². The lowest BCUT2D eigenvalue weighted by molar-refractivity contribution is -0.146. The Kier molecular flexibility index (Phi) is 3.30. The predicted molar refractivity (Wildman–Crippen MR) is 56.6 cm³/mol. The Balaban J connectivity index is 1.90. The fourth-order valence-corrected chi connectivity index (χ4v) is 2.62. The number of ether oxygens (including phenoxy) is 1. The van der Waals surface area contributed by atoms with Crippen LogP contribution in [0.1, 0.15) is 37.4 Å². The molecular weight excluding hydrogens is 212 g/mol. The van der Waals surface area contributed by atoms with Gasteiger partial charge in [-0.15, -0.1) is 0 Å². The molecule has 0 aromatic carbocycles. The normalized spacial score (nSPS) is 26.2. The Morgan fingerprint density at radius 1 is 1.47 bits per heavy atom. The van der Waals surface area contributed by atoms with Crippen molar-refractivity contribution in [3.63, 3.8) is 0 Å². The third kappa shape index (κ3) is 2.34. The van der Waals surface area contributed by atoms with Gasteiger partial charge in [0.15, 0.2) is 0 Å². The van der Waals surface area contributed by atoms with Crippen LogP contribution >= 0.6 is 11.5 Å². The van der Waals surface area contributed by atoms with Gasteiger partial charge in [-0.1, -0.05) is 0 Å². The maximum atomic E-state index is 11.3. The van der Waals surface area contributed by atoms with Gasteiger partial charge in [0.1, 0.15) is 11.3 Å². The summed E-state index contributed by atoms with van der Waals surface area (Å²) in [6, 6.07) is 0. The van der Waals surface area contributed by atoms with Gasteiger partial charge in [0.2, 0.25) is 0 Å². The molecular formula is C10H14N2O2S. The number of aromatic nitrogens is 2. The molecule has 0 N–H and O–H groups in total. The van der Waals surface area contributed by atoms with Gasteiger partial charge in [-0.3, -0.25) is 4.79 Å². The van der Waals surface area contributed by atoms with Crippen LogP contribution in [-0.4, -0.2) is 22.4 Å². The van der Waals surface area contributed by atoms with E-state index >= 15 is 0 Å². The van der Waals surface area contributed by atoms with Gasteiger partial charge in [0.25, 0.3) is 0 Å². The van der Waals surface area contributed by atoms with Crippen molar-refractivity contribution < 1.29 is 9.53 Å². The predicted octanol–water partition coefficient (Wildman–Crippen LogP) is 1.98. The Labute approximate surface area is 92.8 Å². The number of nitrogens with zero attached hydrogens (tertiary/aromatic N) is 2.